The molecule has 0 unspecified atom stereocenters. The number of fused-ring (bicyclic) bond motifs is 1. The minimum Gasteiger partial charge on any atom is -0.496 e. The van der Waals surface area contributed by atoms with Gasteiger partial charge in [0.2, 0.25) is 0 Å². The highest BCUT2D eigenvalue weighted by Crippen LogP contribution is 2.30. The first kappa shape index (κ1) is 11.0. The average molecular weight is 219 g/mol. The Morgan fingerprint density at radius 2 is 2.12 bits per heavy atom. The topological polar surface area (TPSA) is 45.2 Å². The number of aromatic amines is 1. The van der Waals surface area contributed by atoms with Crippen molar-refractivity contribution in [3.05, 3.63) is 30.0 Å². The maximum absolute atomic E-state index is 9.86. The summed E-state index contributed by atoms with van der Waals surface area (Å²) in [4.78, 5) is 3.19. The molecule has 2 N–H and O–H groups in total. The zero-order valence-electron chi connectivity index (χ0n) is 9.87. The predicted molar refractivity (Wildman–Crippen MR) is 64.9 cm³/mol. The Bertz CT molecular complexity index is 494. The molecule has 1 heterocycles. The number of hydrogen-bond acceptors (Lipinski definition) is 2. The molecule has 2 rings (SSSR count). The molecule has 0 atom stereocenters. The number of methoxy groups -OCH3 is 1. The lowest BCUT2D eigenvalue weighted by Crippen LogP contribution is -2.21. The molecule has 3 nitrogen and oxygen atoms in total. The van der Waals surface area contributed by atoms with Crippen molar-refractivity contribution in [1.82, 2.24) is 4.98 Å². The standard InChI is InChI=1S/C13H17NO2/c1-13(2,15)7-9-8-14-10-5-4-6-11(16-3)12(9)10/h4-6,8,14-15H,7H2,1-3H3. The maximum Gasteiger partial charge on any atom is 0.128 e. The van der Waals surface area contributed by atoms with Gasteiger partial charge in [-0.1, -0.05) is 6.07 Å². The molecule has 1 aromatic carbocycles. The van der Waals surface area contributed by atoms with Crippen LogP contribution in [0, 0.1) is 0 Å². The van der Waals surface area contributed by atoms with Gasteiger partial charge in [-0.15, -0.1) is 0 Å². The quantitative estimate of drug-likeness (QED) is 0.833. The average Bonchev–Trinajstić information content (AvgIpc) is 2.59. The van der Waals surface area contributed by atoms with Crippen molar-refractivity contribution in [2.45, 2.75) is 25.9 Å². The van der Waals surface area contributed by atoms with Crippen LogP contribution in [-0.4, -0.2) is 22.8 Å². The first-order chi connectivity index (χ1) is 7.51. The maximum atomic E-state index is 9.86. The van der Waals surface area contributed by atoms with E-state index in [1.807, 2.05) is 24.4 Å². The van der Waals surface area contributed by atoms with Gasteiger partial charge < -0.3 is 14.8 Å². The number of hydrogen-bond donors (Lipinski definition) is 2. The van der Waals surface area contributed by atoms with Gasteiger partial charge in [-0.3, -0.25) is 0 Å². The molecular formula is C13H17NO2. The second kappa shape index (κ2) is 3.83. The molecule has 0 radical (unpaired) electrons. The molecule has 0 saturated heterocycles. The second-order valence-corrected chi connectivity index (χ2v) is 4.69. The van der Waals surface area contributed by atoms with E-state index in [-0.39, 0.29) is 0 Å². The predicted octanol–water partition coefficient (Wildman–Crippen LogP) is 2.49. The lowest BCUT2D eigenvalue weighted by atomic mass is 9.98. The van der Waals surface area contributed by atoms with Crippen molar-refractivity contribution in [1.29, 1.82) is 0 Å². The lowest BCUT2D eigenvalue weighted by molar-refractivity contribution is 0.0813. The van der Waals surface area contributed by atoms with Gasteiger partial charge in [0, 0.05) is 23.5 Å². The molecule has 0 saturated carbocycles. The van der Waals surface area contributed by atoms with Gasteiger partial charge >= 0.3 is 0 Å². The van der Waals surface area contributed by atoms with Crippen molar-refractivity contribution in [2.24, 2.45) is 0 Å². The second-order valence-electron chi connectivity index (χ2n) is 4.69. The van der Waals surface area contributed by atoms with Crippen molar-refractivity contribution < 1.29 is 9.84 Å². The Labute approximate surface area is 95.1 Å². The summed E-state index contributed by atoms with van der Waals surface area (Å²) in [5, 5.41) is 10.9. The van der Waals surface area contributed by atoms with Gasteiger partial charge in [0.25, 0.3) is 0 Å². The number of H-pyrrole nitrogens is 1. The molecular weight excluding hydrogens is 202 g/mol. The summed E-state index contributed by atoms with van der Waals surface area (Å²) in [5.74, 6) is 0.845. The minimum atomic E-state index is -0.712. The molecule has 0 amide bonds. The Hall–Kier alpha value is -1.48. The van der Waals surface area contributed by atoms with Gasteiger partial charge in [0.1, 0.15) is 5.75 Å². The Morgan fingerprint density at radius 1 is 1.38 bits per heavy atom. The normalized spacial score (nSPS) is 12.0. The molecule has 3 heteroatoms. The molecule has 16 heavy (non-hydrogen) atoms. The molecule has 0 spiro atoms. The SMILES string of the molecule is COc1cccc2[nH]cc(CC(C)(C)O)c12. The zero-order valence-corrected chi connectivity index (χ0v) is 9.87. The summed E-state index contributed by atoms with van der Waals surface area (Å²) >= 11 is 0. The molecule has 2 aromatic rings. The highest BCUT2D eigenvalue weighted by atomic mass is 16.5. The largest absolute Gasteiger partial charge is 0.496 e. The number of nitrogens with one attached hydrogen (secondary N) is 1. The van der Waals surface area contributed by atoms with Crippen LogP contribution >= 0.6 is 0 Å². The number of benzene rings is 1. The zero-order chi connectivity index (χ0) is 11.8. The van der Waals surface area contributed by atoms with Crippen LogP contribution in [0.2, 0.25) is 0 Å². The molecule has 0 aliphatic rings. The number of rotatable bonds is 3. The van der Waals surface area contributed by atoms with Crippen molar-refractivity contribution in [3.63, 3.8) is 0 Å². The van der Waals surface area contributed by atoms with E-state index in [2.05, 4.69) is 4.98 Å². The van der Waals surface area contributed by atoms with E-state index in [4.69, 9.17) is 4.74 Å². The van der Waals surface area contributed by atoms with Gasteiger partial charge in [-0.2, -0.15) is 0 Å². The summed E-state index contributed by atoms with van der Waals surface area (Å²) in [5.41, 5.74) is 1.41. The third kappa shape index (κ3) is 2.04. The fraction of sp³-hybridized carbons (Fsp3) is 0.385. The van der Waals surface area contributed by atoms with Crippen LogP contribution in [0.3, 0.4) is 0 Å². The third-order valence-electron chi connectivity index (χ3n) is 2.59. The van der Waals surface area contributed by atoms with E-state index in [0.29, 0.717) is 6.42 Å². The number of ether oxygens (including phenoxy) is 1. The van der Waals surface area contributed by atoms with Gasteiger partial charge in [-0.05, 0) is 31.5 Å². The van der Waals surface area contributed by atoms with E-state index in [1.165, 1.54) is 0 Å². The van der Waals surface area contributed by atoms with E-state index in [9.17, 15) is 5.11 Å². The van der Waals surface area contributed by atoms with Crippen LogP contribution in [0.25, 0.3) is 10.9 Å². The first-order valence-electron chi connectivity index (χ1n) is 5.36. The molecule has 0 aliphatic carbocycles. The van der Waals surface area contributed by atoms with E-state index < -0.39 is 5.60 Å². The van der Waals surface area contributed by atoms with Crippen molar-refractivity contribution >= 4 is 10.9 Å². The van der Waals surface area contributed by atoms with Crippen LogP contribution in [0.15, 0.2) is 24.4 Å². The summed E-state index contributed by atoms with van der Waals surface area (Å²) in [6.45, 7) is 3.61. The molecule has 0 bridgehead atoms. The summed E-state index contributed by atoms with van der Waals surface area (Å²) in [7, 11) is 1.66. The molecule has 0 aliphatic heterocycles. The highest BCUT2D eigenvalue weighted by molar-refractivity contribution is 5.89. The summed E-state index contributed by atoms with van der Waals surface area (Å²) < 4.78 is 5.34. The smallest absolute Gasteiger partial charge is 0.128 e. The van der Waals surface area contributed by atoms with E-state index >= 15 is 0 Å². The Kier molecular flexibility index (Phi) is 2.64. The van der Waals surface area contributed by atoms with Gasteiger partial charge in [0.15, 0.2) is 0 Å². The van der Waals surface area contributed by atoms with Crippen LogP contribution < -0.4 is 4.74 Å². The lowest BCUT2D eigenvalue weighted by Gasteiger charge is -2.16. The Morgan fingerprint density at radius 3 is 2.75 bits per heavy atom. The fourth-order valence-corrected chi connectivity index (χ4v) is 2.00. The highest BCUT2D eigenvalue weighted by Gasteiger charge is 2.17. The Balaban J connectivity index is 2.54. The fourth-order valence-electron chi connectivity index (χ4n) is 2.00. The molecule has 86 valence electrons. The third-order valence-corrected chi connectivity index (χ3v) is 2.59. The van der Waals surface area contributed by atoms with Crippen LogP contribution in [0.4, 0.5) is 0 Å². The van der Waals surface area contributed by atoms with Gasteiger partial charge in [-0.25, -0.2) is 0 Å². The van der Waals surface area contributed by atoms with E-state index in [1.54, 1.807) is 21.0 Å². The van der Waals surface area contributed by atoms with Crippen LogP contribution in [0.5, 0.6) is 5.75 Å². The van der Waals surface area contributed by atoms with E-state index in [0.717, 1.165) is 22.2 Å². The van der Waals surface area contributed by atoms with Crippen LogP contribution in [-0.2, 0) is 6.42 Å². The number of aliphatic hydroxyl groups is 1. The minimum absolute atomic E-state index is 0.605. The molecule has 0 fully saturated rings. The number of aromatic nitrogens is 1. The van der Waals surface area contributed by atoms with Crippen molar-refractivity contribution in [2.75, 3.05) is 7.11 Å². The van der Waals surface area contributed by atoms with Gasteiger partial charge in [0.05, 0.1) is 12.7 Å². The monoisotopic (exact) mass is 219 g/mol. The summed E-state index contributed by atoms with van der Waals surface area (Å²) in [6.07, 6.45) is 2.54. The summed E-state index contributed by atoms with van der Waals surface area (Å²) in [6, 6.07) is 5.89. The first-order valence-corrected chi connectivity index (χ1v) is 5.36. The molecule has 1 aromatic heterocycles. The van der Waals surface area contributed by atoms with Crippen LogP contribution in [0.1, 0.15) is 19.4 Å². The van der Waals surface area contributed by atoms with Crippen molar-refractivity contribution in [3.8, 4) is 5.75 Å².